The molecule has 3 aliphatic rings. The molecule has 9 nitrogen and oxygen atoms in total. The summed E-state index contributed by atoms with van der Waals surface area (Å²) in [5.41, 5.74) is 0.432. The number of ketones is 2. The van der Waals surface area contributed by atoms with Gasteiger partial charge in [0.1, 0.15) is 0 Å². The fraction of sp³-hybridized carbons (Fsp3) is 0.290. The Labute approximate surface area is 229 Å². The summed E-state index contributed by atoms with van der Waals surface area (Å²) in [7, 11) is 1.47. The van der Waals surface area contributed by atoms with E-state index in [1.54, 1.807) is 43.3 Å². The molecule has 1 aliphatic heterocycles. The van der Waals surface area contributed by atoms with E-state index in [1.807, 2.05) is 31.2 Å². The molecular weight excluding hydrogens is 510 g/mol. The van der Waals surface area contributed by atoms with E-state index in [-0.39, 0.29) is 30.3 Å². The van der Waals surface area contributed by atoms with Crippen LogP contribution in [0.2, 0.25) is 0 Å². The van der Waals surface area contributed by atoms with Crippen molar-refractivity contribution in [3.05, 3.63) is 104 Å². The Hall–Kier alpha value is -4.66. The Morgan fingerprint density at radius 2 is 1.80 bits per heavy atom. The smallest absolute Gasteiger partial charge is 0.352 e. The lowest BCUT2D eigenvalue weighted by Gasteiger charge is -2.51. The highest BCUT2D eigenvalue weighted by Gasteiger charge is 2.58. The summed E-state index contributed by atoms with van der Waals surface area (Å²) in [6.07, 6.45) is 7.28. The maximum absolute atomic E-state index is 13.8. The van der Waals surface area contributed by atoms with Crippen molar-refractivity contribution in [2.24, 2.45) is 17.3 Å². The number of aromatic nitrogens is 3. The first-order valence-electron chi connectivity index (χ1n) is 13.2. The zero-order valence-electron chi connectivity index (χ0n) is 22.4. The molecule has 1 fully saturated rings. The highest BCUT2D eigenvalue weighted by atomic mass is 16.5. The predicted octanol–water partition coefficient (Wildman–Crippen LogP) is 3.45. The largest absolute Gasteiger partial charge is 0.504 e. The Kier molecular flexibility index (Phi) is 5.90. The van der Waals surface area contributed by atoms with E-state index < -0.39 is 34.7 Å². The molecule has 0 spiro atoms. The van der Waals surface area contributed by atoms with Gasteiger partial charge in [-0.25, -0.2) is 23.5 Å². The quantitative estimate of drug-likeness (QED) is 0.509. The van der Waals surface area contributed by atoms with E-state index in [0.717, 1.165) is 15.7 Å². The Balaban J connectivity index is 1.52. The van der Waals surface area contributed by atoms with Crippen LogP contribution in [0.5, 0.6) is 11.5 Å². The maximum atomic E-state index is 13.8. The van der Waals surface area contributed by atoms with E-state index in [4.69, 9.17) is 4.74 Å². The molecule has 0 radical (unpaired) electrons. The topological polar surface area (TPSA) is 113 Å². The van der Waals surface area contributed by atoms with Crippen molar-refractivity contribution in [2.75, 3.05) is 7.11 Å². The molecule has 0 unspecified atom stereocenters. The zero-order valence-corrected chi connectivity index (χ0v) is 22.4. The number of hydrogen-bond acceptors (Lipinski definition) is 6. The molecule has 9 heteroatoms. The summed E-state index contributed by atoms with van der Waals surface area (Å²) >= 11 is 0. The van der Waals surface area contributed by atoms with Crippen molar-refractivity contribution in [1.29, 1.82) is 0 Å². The Morgan fingerprint density at radius 3 is 2.52 bits per heavy atom. The standard InChI is InChI=1S/C31H29N3O6/c1-18-15-26(36)23-17-24-21(13-14-32-29(38)33(30(39)34(24)32)20-7-5-4-6-8-20)22(31(23,2)28(18)37)11-9-19-10-12-25(35)27(16-19)40-3/h4-13,15-16,22-24,35H,14,17H2,1-3H3/t22-,23-,24+,31-/m0/s1. The molecule has 1 N–H and O–H groups in total. The fourth-order valence-corrected chi connectivity index (χ4v) is 6.66. The number of fused-ring (bicyclic) bond motifs is 4. The first kappa shape index (κ1) is 25.6. The van der Waals surface area contributed by atoms with E-state index in [1.165, 1.54) is 28.6 Å². The average molecular weight is 540 g/mol. The molecule has 6 rings (SSSR count). The molecule has 1 aromatic heterocycles. The summed E-state index contributed by atoms with van der Waals surface area (Å²) in [4.78, 5) is 54.3. The van der Waals surface area contributed by atoms with Crippen molar-refractivity contribution < 1.29 is 19.4 Å². The van der Waals surface area contributed by atoms with Gasteiger partial charge in [0.2, 0.25) is 0 Å². The minimum Gasteiger partial charge on any atom is -0.504 e. The number of Topliss-reactive ketones (excluding diaryl/α,β-unsaturated/α-hetero) is 1. The van der Waals surface area contributed by atoms with E-state index in [0.29, 0.717) is 17.0 Å². The molecule has 2 aliphatic carbocycles. The van der Waals surface area contributed by atoms with Gasteiger partial charge in [-0.05, 0) is 60.4 Å². The van der Waals surface area contributed by atoms with Gasteiger partial charge < -0.3 is 9.84 Å². The number of para-hydroxylation sites is 1. The van der Waals surface area contributed by atoms with Crippen LogP contribution in [0.4, 0.5) is 0 Å². The number of aromatic hydroxyl groups is 1. The lowest BCUT2D eigenvalue weighted by atomic mass is 9.52. The minimum atomic E-state index is -1.07. The van der Waals surface area contributed by atoms with Gasteiger partial charge in [-0.2, -0.15) is 0 Å². The summed E-state index contributed by atoms with van der Waals surface area (Å²) in [6.45, 7) is 3.66. The number of methoxy groups -OCH3 is 1. The fourth-order valence-electron chi connectivity index (χ4n) is 6.66. The van der Waals surface area contributed by atoms with Crippen molar-refractivity contribution in [2.45, 2.75) is 32.9 Å². The number of nitrogens with zero attached hydrogens (tertiary/aromatic N) is 3. The molecule has 40 heavy (non-hydrogen) atoms. The summed E-state index contributed by atoms with van der Waals surface area (Å²) in [5.74, 6) is -1.14. The predicted molar refractivity (Wildman–Crippen MR) is 149 cm³/mol. The van der Waals surface area contributed by atoms with E-state index in [2.05, 4.69) is 0 Å². The number of allylic oxidation sites excluding steroid dienone is 5. The van der Waals surface area contributed by atoms with Crippen molar-refractivity contribution in [3.63, 3.8) is 0 Å². The molecule has 0 amide bonds. The summed E-state index contributed by atoms with van der Waals surface area (Å²) in [5, 5.41) is 10.0. The number of benzene rings is 2. The number of carbonyl (C=O) groups is 2. The lowest BCUT2D eigenvalue weighted by molar-refractivity contribution is -0.140. The molecule has 204 valence electrons. The highest BCUT2D eigenvalue weighted by molar-refractivity contribution is 6.13. The number of hydrogen-bond donors (Lipinski definition) is 1. The molecule has 2 heterocycles. The van der Waals surface area contributed by atoms with Crippen LogP contribution in [0, 0.1) is 17.3 Å². The molecule has 1 saturated carbocycles. The second-order valence-corrected chi connectivity index (χ2v) is 10.8. The van der Waals surface area contributed by atoms with Crippen molar-refractivity contribution in [3.8, 4) is 17.2 Å². The zero-order chi connectivity index (χ0) is 28.3. The van der Waals surface area contributed by atoms with Gasteiger partial charge in [0.15, 0.2) is 23.1 Å². The highest BCUT2D eigenvalue weighted by Crippen LogP contribution is 2.56. The van der Waals surface area contributed by atoms with E-state index >= 15 is 0 Å². The summed E-state index contributed by atoms with van der Waals surface area (Å²) < 4.78 is 9.26. The lowest BCUT2D eigenvalue weighted by Crippen LogP contribution is -2.55. The second kappa shape index (κ2) is 9.22. The molecule has 0 bridgehead atoms. The second-order valence-electron chi connectivity index (χ2n) is 10.8. The number of phenols is 1. The molecular formula is C31H29N3O6. The molecule has 3 aromatic rings. The van der Waals surface area contributed by atoms with Crippen LogP contribution in [0.3, 0.4) is 0 Å². The van der Waals surface area contributed by atoms with Crippen LogP contribution in [-0.2, 0) is 16.1 Å². The van der Waals surface area contributed by atoms with Crippen LogP contribution in [0.25, 0.3) is 11.8 Å². The Bertz CT molecular complexity index is 1770. The van der Waals surface area contributed by atoms with Gasteiger partial charge in [-0.1, -0.05) is 49.4 Å². The third-order valence-electron chi connectivity index (χ3n) is 8.68. The van der Waals surface area contributed by atoms with Gasteiger partial charge in [-0.15, -0.1) is 0 Å². The Morgan fingerprint density at radius 1 is 1.05 bits per heavy atom. The third-order valence-corrected chi connectivity index (χ3v) is 8.68. The van der Waals surface area contributed by atoms with Crippen LogP contribution in [-0.4, -0.2) is 37.7 Å². The first-order valence-corrected chi connectivity index (χ1v) is 13.2. The maximum Gasteiger partial charge on any atom is 0.352 e. The number of ether oxygens (including phenoxy) is 1. The number of rotatable bonds is 4. The van der Waals surface area contributed by atoms with Gasteiger partial charge in [0.05, 0.1) is 30.8 Å². The molecule has 4 atom stereocenters. The van der Waals surface area contributed by atoms with Gasteiger partial charge in [0.25, 0.3) is 0 Å². The number of phenolic OH excluding ortho intramolecular Hbond substituents is 1. The van der Waals surface area contributed by atoms with Crippen LogP contribution < -0.4 is 16.1 Å². The summed E-state index contributed by atoms with van der Waals surface area (Å²) in [6, 6.07) is 13.1. The van der Waals surface area contributed by atoms with Gasteiger partial charge >= 0.3 is 11.4 Å². The minimum absolute atomic E-state index is 0.00786. The van der Waals surface area contributed by atoms with Crippen LogP contribution in [0.15, 0.2) is 87.5 Å². The van der Waals surface area contributed by atoms with Gasteiger partial charge in [0, 0.05) is 11.8 Å². The monoisotopic (exact) mass is 539 g/mol. The number of carbonyl (C=O) groups excluding carboxylic acids is 2. The van der Waals surface area contributed by atoms with Gasteiger partial charge in [-0.3, -0.25) is 9.59 Å². The van der Waals surface area contributed by atoms with Crippen molar-refractivity contribution >= 4 is 17.6 Å². The SMILES string of the molecule is COc1cc(C=C[C@H]2C3=CCn4c(=O)n(-c5ccccc5)c(=O)n4[C@@H]3C[C@H]3C(=O)C=C(C)C(=O)[C@@]23C)ccc1O. The first-order chi connectivity index (χ1) is 19.2. The molecule has 2 aromatic carbocycles. The van der Waals surface area contributed by atoms with Crippen molar-refractivity contribution in [1.82, 2.24) is 13.9 Å². The van der Waals surface area contributed by atoms with E-state index in [9.17, 15) is 24.3 Å². The molecule has 0 saturated heterocycles. The van der Waals surface area contributed by atoms with Crippen LogP contribution >= 0.6 is 0 Å². The third kappa shape index (κ3) is 3.61. The van der Waals surface area contributed by atoms with Crippen LogP contribution in [0.1, 0.15) is 31.9 Å². The normalized spacial score (nSPS) is 25.6. The average Bonchev–Trinajstić information content (AvgIpc) is 3.21.